The minimum Gasteiger partial charge on any atom is -0.299 e. The van der Waals surface area contributed by atoms with Gasteiger partial charge in [-0.25, -0.2) is 17.7 Å². The molecule has 1 saturated heterocycles. The molecule has 0 atom stereocenters. The maximum absolute atomic E-state index is 13.4. The molecule has 1 aliphatic heterocycles. The number of benzene rings is 2. The molecule has 0 saturated carbocycles. The first-order valence-electron chi connectivity index (χ1n) is 10.4. The quantitative estimate of drug-likeness (QED) is 0.579. The smallest absolute Gasteiger partial charge is 0.299 e. The van der Waals surface area contributed by atoms with Gasteiger partial charge in [-0.1, -0.05) is 42.5 Å². The van der Waals surface area contributed by atoms with Crippen molar-refractivity contribution in [1.29, 1.82) is 0 Å². The predicted octanol–water partition coefficient (Wildman–Crippen LogP) is 3.56. The third-order valence-electron chi connectivity index (χ3n) is 5.78. The number of rotatable bonds is 7. The highest BCUT2D eigenvalue weighted by molar-refractivity contribution is 7.03. The molecule has 2 heterocycles. The van der Waals surface area contributed by atoms with Gasteiger partial charge in [0, 0.05) is 24.6 Å². The van der Waals surface area contributed by atoms with Crippen LogP contribution in [0, 0.1) is 11.7 Å². The summed E-state index contributed by atoms with van der Waals surface area (Å²) in [5, 5.41) is 0. The standard InChI is InChI=1S/C23H26FN3O2S/c24-21-8-4-7-20(15-21)17-26-22(28)27(30-23(26)29)14-11-18-9-12-25(13-10-18)16-19-5-2-1-3-6-19/h1-8,15,18H,9-14,16-17H2. The van der Waals surface area contributed by atoms with Gasteiger partial charge in [-0.2, -0.15) is 0 Å². The van der Waals surface area contributed by atoms with E-state index in [1.165, 1.54) is 22.3 Å². The normalized spacial score (nSPS) is 15.5. The maximum atomic E-state index is 13.4. The lowest BCUT2D eigenvalue weighted by atomic mass is 9.93. The lowest BCUT2D eigenvalue weighted by Gasteiger charge is -2.32. The first-order valence-corrected chi connectivity index (χ1v) is 11.2. The van der Waals surface area contributed by atoms with Crippen LogP contribution in [0.4, 0.5) is 4.39 Å². The van der Waals surface area contributed by atoms with Crippen LogP contribution in [0.3, 0.4) is 0 Å². The van der Waals surface area contributed by atoms with Crippen molar-refractivity contribution in [2.75, 3.05) is 13.1 Å². The third kappa shape index (κ3) is 5.15. The van der Waals surface area contributed by atoms with E-state index in [0.717, 1.165) is 50.4 Å². The van der Waals surface area contributed by atoms with Crippen molar-refractivity contribution in [3.63, 3.8) is 0 Å². The summed E-state index contributed by atoms with van der Waals surface area (Å²) in [6.45, 7) is 3.78. The number of aryl methyl sites for hydroxylation is 1. The second kappa shape index (κ2) is 9.53. The second-order valence-corrected chi connectivity index (χ2v) is 8.92. The van der Waals surface area contributed by atoms with E-state index in [9.17, 15) is 14.0 Å². The van der Waals surface area contributed by atoms with Crippen molar-refractivity contribution >= 4 is 11.5 Å². The highest BCUT2D eigenvalue weighted by atomic mass is 32.1. The lowest BCUT2D eigenvalue weighted by Crippen LogP contribution is -2.34. The summed E-state index contributed by atoms with van der Waals surface area (Å²) in [5.74, 6) is 0.201. The van der Waals surface area contributed by atoms with Crippen LogP contribution in [0.25, 0.3) is 0 Å². The Labute approximate surface area is 179 Å². The van der Waals surface area contributed by atoms with Crippen LogP contribution in [-0.2, 0) is 19.6 Å². The Morgan fingerprint density at radius 1 is 0.933 bits per heavy atom. The summed E-state index contributed by atoms with van der Waals surface area (Å²) in [6.07, 6.45) is 3.12. The van der Waals surface area contributed by atoms with Gasteiger partial charge in [-0.05, 0) is 61.5 Å². The molecule has 158 valence electrons. The summed E-state index contributed by atoms with van der Waals surface area (Å²) < 4.78 is 16.1. The van der Waals surface area contributed by atoms with E-state index >= 15 is 0 Å². The van der Waals surface area contributed by atoms with Crippen molar-refractivity contribution in [3.8, 4) is 0 Å². The van der Waals surface area contributed by atoms with Crippen LogP contribution in [0.1, 0.15) is 30.4 Å². The lowest BCUT2D eigenvalue weighted by molar-refractivity contribution is 0.169. The van der Waals surface area contributed by atoms with Gasteiger partial charge in [0.05, 0.1) is 6.54 Å². The van der Waals surface area contributed by atoms with Gasteiger partial charge in [0.1, 0.15) is 5.82 Å². The molecule has 0 amide bonds. The van der Waals surface area contributed by atoms with Crippen molar-refractivity contribution in [2.45, 2.75) is 38.9 Å². The highest BCUT2D eigenvalue weighted by Gasteiger charge is 2.20. The van der Waals surface area contributed by atoms with Crippen LogP contribution in [0.15, 0.2) is 64.2 Å². The molecule has 2 aromatic carbocycles. The summed E-state index contributed by atoms with van der Waals surface area (Å²) in [5.41, 5.74) is 1.66. The van der Waals surface area contributed by atoms with E-state index in [2.05, 4.69) is 29.2 Å². The third-order valence-corrected chi connectivity index (χ3v) is 6.71. The Morgan fingerprint density at radius 3 is 2.40 bits per heavy atom. The van der Waals surface area contributed by atoms with Crippen molar-refractivity contribution in [1.82, 2.24) is 13.4 Å². The van der Waals surface area contributed by atoms with Gasteiger partial charge < -0.3 is 0 Å². The molecule has 1 aliphatic rings. The summed E-state index contributed by atoms with van der Waals surface area (Å²) in [6, 6.07) is 16.5. The number of likely N-dealkylation sites (tertiary alicyclic amines) is 1. The van der Waals surface area contributed by atoms with Crippen molar-refractivity contribution < 1.29 is 4.39 Å². The van der Waals surface area contributed by atoms with Gasteiger partial charge in [-0.3, -0.25) is 9.69 Å². The number of nitrogens with zero attached hydrogens (tertiary/aromatic N) is 3. The van der Waals surface area contributed by atoms with Gasteiger partial charge in [0.25, 0.3) is 0 Å². The van der Waals surface area contributed by atoms with E-state index in [-0.39, 0.29) is 22.9 Å². The van der Waals surface area contributed by atoms with E-state index in [4.69, 9.17) is 0 Å². The number of hydrogen-bond donors (Lipinski definition) is 0. The van der Waals surface area contributed by atoms with Gasteiger partial charge in [0.15, 0.2) is 0 Å². The molecule has 30 heavy (non-hydrogen) atoms. The Kier molecular flexibility index (Phi) is 6.59. The van der Waals surface area contributed by atoms with Crippen LogP contribution >= 0.6 is 11.5 Å². The van der Waals surface area contributed by atoms with Crippen LogP contribution < -0.4 is 10.6 Å². The molecule has 7 heteroatoms. The molecule has 3 aromatic rings. The first-order chi connectivity index (χ1) is 14.6. The molecule has 0 unspecified atom stereocenters. The number of hydrogen-bond acceptors (Lipinski definition) is 4. The maximum Gasteiger partial charge on any atom is 0.341 e. The molecule has 0 spiro atoms. The largest absolute Gasteiger partial charge is 0.341 e. The molecule has 5 nitrogen and oxygen atoms in total. The zero-order chi connectivity index (χ0) is 20.9. The average Bonchev–Trinajstić information content (AvgIpc) is 3.02. The van der Waals surface area contributed by atoms with Gasteiger partial charge in [0.2, 0.25) is 0 Å². The van der Waals surface area contributed by atoms with Crippen LogP contribution in [-0.4, -0.2) is 26.5 Å². The average molecular weight is 428 g/mol. The fourth-order valence-electron chi connectivity index (χ4n) is 4.06. The molecule has 0 aliphatic carbocycles. The number of piperidine rings is 1. The van der Waals surface area contributed by atoms with E-state index in [1.54, 1.807) is 16.1 Å². The molecule has 4 rings (SSSR count). The molecule has 0 radical (unpaired) electrons. The molecule has 0 bridgehead atoms. The molecular formula is C23H26FN3O2S. The molecule has 0 N–H and O–H groups in total. The zero-order valence-corrected chi connectivity index (χ0v) is 17.7. The summed E-state index contributed by atoms with van der Waals surface area (Å²) >= 11 is 0.963. The van der Waals surface area contributed by atoms with Gasteiger partial charge in [-0.15, -0.1) is 0 Å². The fourth-order valence-corrected chi connectivity index (χ4v) is 4.86. The monoisotopic (exact) mass is 427 g/mol. The number of halogens is 1. The Morgan fingerprint density at radius 2 is 1.67 bits per heavy atom. The Hall–Kier alpha value is -2.51. The second-order valence-electron chi connectivity index (χ2n) is 7.95. The Balaban J connectivity index is 1.30. The minimum atomic E-state index is -0.366. The van der Waals surface area contributed by atoms with Crippen LogP contribution in [0.5, 0.6) is 0 Å². The SMILES string of the molecule is O=c1sn(CCC2CCN(Cc3ccccc3)CC2)c(=O)n1Cc1cccc(F)c1. The van der Waals surface area contributed by atoms with E-state index in [1.807, 2.05) is 6.07 Å². The topological polar surface area (TPSA) is 47.2 Å². The first kappa shape index (κ1) is 20.8. The molecule has 1 fully saturated rings. The van der Waals surface area contributed by atoms with E-state index < -0.39 is 0 Å². The molecule has 1 aromatic heterocycles. The highest BCUT2D eigenvalue weighted by Crippen LogP contribution is 2.22. The van der Waals surface area contributed by atoms with Crippen molar-refractivity contribution in [2.24, 2.45) is 5.92 Å². The van der Waals surface area contributed by atoms with Gasteiger partial charge >= 0.3 is 10.6 Å². The predicted molar refractivity (Wildman–Crippen MR) is 117 cm³/mol. The van der Waals surface area contributed by atoms with Crippen LogP contribution in [0.2, 0.25) is 0 Å². The summed E-state index contributed by atoms with van der Waals surface area (Å²) in [4.78, 5) is 27.1. The molecular weight excluding hydrogens is 401 g/mol. The Bertz CT molecular complexity index is 1080. The zero-order valence-electron chi connectivity index (χ0n) is 16.9. The van der Waals surface area contributed by atoms with E-state index in [0.29, 0.717) is 18.0 Å². The fraction of sp³-hybridized carbons (Fsp3) is 0.391. The summed E-state index contributed by atoms with van der Waals surface area (Å²) in [7, 11) is 0. The number of aromatic nitrogens is 2. The van der Waals surface area contributed by atoms with Crippen molar-refractivity contribution in [3.05, 3.63) is 91.7 Å². The minimum absolute atomic E-state index is 0.108.